The molecule has 2 aromatic carbocycles. The van der Waals surface area contributed by atoms with Gasteiger partial charge in [0.1, 0.15) is 6.04 Å². The fraction of sp³-hybridized carbons (Fsp3) is 0.333. The number of nitrogens with zero attached hydrogens (tertiary/aromatic N) is 2. The monoisotopic (exact) mass is 444 g/mol. The first kappa shape index (κ1) is 21.6. The molecule has 6 heteroatoms. The van der Waals surface area contributed by atoms with Crippen LogP contribution >= 0.6 is 0 Å². The van der Waals surface area contributed by atoms with E-state index in [1.54, 1.807) is 0 Å². The minimum Gasteiger partial charge on any atom is -0.468 e. The number of aliphatic hydroxyl groups is 1. The van der Waals surface area contributed by atoms with Crippen LogP contribution in [-0.2, 0) is 22.5 Å². The third-order valence-corrected chi connectivity index (χ3v) is 7.22. The lowest BCUT2D eigenvalue weighted by atomic mass is 9.88. The quantitative estimate of drug-likeness (QED) is 0.592. The molecule has 2 aliphatic rings. The molecule has 6 nitrogen and oxygen atoms in total. The Labute approximate surface area is 193 Å². The standard InChI is InChI=1S/C27H28N2O4/c1-33-27(32)25-22(17-30)21-16-29-23(13-12-20(26(29)31)19-10-6-3-7-11-19)24(21)28(25)15-14-18-8-4-2-5-9-18/h2-13,21-22,24-25,30H,14-17H2,1H3/t21-,22-,24+,25-/m1/s1. The summed E-state index contributed by atoms with van der Waals surface area (Å²) < 4.78 is 6.98. The van der Waals surface area contributed by atoms with Crippen molar-refractivity contribution in [3.63, 3.8) is 0 Å². The number of aliphatic hydroxyl groups excluding tert-OH is 1. The minimum absolute atomic E-state index is 0.0255. The fourth-order valence-corrected chi connectivity index (χ4v) is 5.69. The van der Waals surface area contributed by atoms with Crippen LogP contribution in [0, 0.1) is 11.8 Å². The van der Waals surface area contributed by atoms with E-state index in [0.717, 1.165) is 17.7 Å². The topological polar surface area (TPSA) is 71.8 Å². The number of methoxy groups -OCH3 is 1. The van der Waals surface area contributed by atoms with Crippen molar-refractivity contribution in [1.82, 2.24) is 9.47 Å². The second-order valence-corrected chi connectivity index (χ2v) is 8.85. The molecule has 0 bridgehead atoms. The lowest BCUT2D eigenvalue weighted by molar-refractivity contribution is -0.148. The molecule has 2 aliphatic heterocycles. The second-order valence-electron chi connectivity index (χ2n) is 8.85. The number of aromatic nitrogens is 1. The number of fused-ring (bicyclic) bond motifs is 3. The summed E-state index contributed by atoms with van der Waals surface area (Å²) in [7, 11) is 1.39. The highest BCUT2D eigenvalue weighted by molar-refractivity contribution is 5.77. The molecule has 0 spiro atoms. The highest BCUT2D eigenvalue weighted by Gasteiger charge is 2.55. The number of carbonyl (C=O) groups is 1. The summed E-state index contributed by atoms with van der Waals surface area (Å²) in [4.78, 5) is 28.4. The van der Waals surface area contributed by atoms with Crippen LogP contribution in [0.2, 0.25) is 0 Å². The molecule has 1 saturated heterocycles. The van der Waals surface area contributed by atoms with E-state index in [9.17, 15) is 14.7 Å². The van der Waals surface area contributed by atoms with Gasteiger partial charge in [0.2, 0.25) is 0 Å². The maximum absolute atomic E-state index is 13.4. The van der Waals surface area contributed by atoms with Gasteiger partial charge in [0, 0.05) is 42.8 Å². The van der Waals surface area contributed by atoms with Gasteiger partial charge in [-0.1, -0.05) is 60.7 Å². The van der Waals surface area contributed by atoms with E-state index in [2.05, 4.69) is 17.0 Å². The second kappa shape index (κ2) is 8.96. The Balaban J connectivity index is 1.54. The van der Waals surface area contributed by atoms with Gasteiger partial charge in [-0.15, -0.1) is 0 Å². The summed E-state index contributed by atoms with van der Waals surface area (Å²) in [5.74, 6) is -0.655. The van der Waals surface area contributed by atoms with Gasteiger partial charge in [-0.05, 0) is 29.7 Å². The number of hydrogen-bond acceptors (Lipinski definition) is 5. The highest BCUT2D eigenvalue weighted by atomic mass is 16.5. The maximum atomic E-state index is 13.4. The molecule has 3 heterocycles. The zero-order valence-electron chi connectivity index (χ0n) is 18.6. The predicted molar refractivity (Wildman–Crippen MR) is 126 cm³/mol. The number of rotatable bonds is 6. The molecule has 0 radical (unpaired) electrons. The van der Waals surface area contributed by atoms with Gasteiger partial charge < -0.3 is 14.4 Å². The van der Waals surface area contributed by atoms with Gasteiger partial charge in [0.05, 0.1) is 13.2 Å². The van der Waals surface area contributed by atoms with Crippen LogP contribution in [0.5, 0.6) is 0 Å². The zero-order valence-corrected chi connectivity index (χ0v) is 18.6. The Kier molecular flexibility index (Phi) is 5.87. The molecular formula is C27H28N2O4. The smallest absolute Gasteiger partial charge is 0.323 e. The van der Waals surface area contributed by atoms with Gasteiger partial charge in [-0.25, -0.2) is 0 Å². The average Bonchev–Trinajstić information content (AvgIpc) is 3.38. The lowest BCUT2D eigenvalue weighted by Gasteiger charge is -2.30. The number of ether oxygens (including phenoxy) is 1. The normalized spacial score (nSPS) is 23.8. The Hall–Kier alpha value is -3.22. The third-order valence-electron chi connectivity index (χ3n) is 7.22. The number of hydrogen-bond donors (Lipinski definition) is 1. The molecule has 4 atom stereocenters. The number of likely N-dealkylation sites (tertiary alicyclic amines) is 1. The van der Waals surface area contributed by atoms with Crippen molar-refractivity contribution in [3.05, 3.63) is 94.4 Å². The SMILES string of the molecule is COC(=O)[C@H]1[C@H](CO)[C@H]2Cn3c(ccc(-c4ccccc4)c3=O)[C@H]2N1CCc1ccccc1. The molecule has 0 saturated carbocycles. The number of pyridine rings is 1. The van der Waals surface area contributed by atoms with Gasteiger partial charge in [-0.3, -0.25) is 14.5 Å². The van der Waals surface area contributed by atoms with Gasteiger partial charge >= 0.3 is 5.97 Å². The Morgan fingerprint density at radius 2 is 1.73 bits per heavy atom. The van der Waals surface area contributed by atoms with E-state index in [1.807, 2.05) is 65.2 Å². The largest absolute Gasteiger partial charge is 0.468 e. The molecule has 0 amide bonds. The summed E-state index contributed by atoms with van der Waals surface area (Å²) >= 11 is 0. The van der Waals surface area contributed by atoms with Crippen LogP contribution in [0.1, 0.15) is 17.3 Å². The summed E-state index contributed by atoms with van der Waals surface area (Å²) in [5.41, 5.74) is 3.62. The molecule has 0 unspecified atom stereocenters. The minimum atomic E-state index is -0.531. The molecule has 1 fully saturated rings. The predicted octanol–water partition coefficient (Wildman–Crippen LogP) is 2.89. The van der Waals surface area contributed by atoms with Crippen LogP contribution < -0.4 is 5.56 Å². The van der Waals surface area contributed by atoms with E-state index in [0.29, 0.717) is 18.7 Å². The molecule has 170 valence electrons. The van der Waals surface area contributed by atoms with Crippen molar-refractivity contribution < 1.29 is 14.6 Å². The van der Waals surface area contributed by atoms with Crippen molar-refractivity contribution in [2.24, 2.45) is 11.8 Å². The molecule has 1 aromatic heterocycles. The first-order valence-electron chi connectivity index (χ1n) is 11.4. The summed E-state index contributed by atoms with van der Waals surface area (Å²) in [5, 5.41) is 10.3. The maximum Gasteiger partial charge on any atom is 0.323 e. The Bertz CT molecular complexity index is 1190. The lowest BCUT2D eigenvalue weighted by Crippen LogP contribution is -2.44. The van der Waals surface area contributed by atoms with E-state index in [4.69, 9.17) is 4.74 Å². The van der Waals surface area contributed by atoms with E-state index in [1.165, 1.54) is 12.7 Å². The number of carbonyl (C=O) groups excluding carboxylic acids is 1. The molecule has 3 aromatic rings. The van der Waals surface area contributed by atoms with Crippen LogP contribution in [0.4, 0.5) is 0 Å². The molecule has 33 heavy (non-hydrogen) atoms. The average molecular weight is 445 g/mol. The Morgan fingerprint density at radius 3 is 2.39 bits per heavy atom. The van der Waals surface area contributed by atoms with Gasteiger partial charge in [0.25, 0.3) is 5.56 Å². The third kappa shape index (κ3) is 3.69. The summed E-state index contributed by atoms with van der Waals surface area (Å²) in [6.07, 6.45) is 0.766. The van der Waals surface area contributed by atoms with E-state index < -0.39 is 6.04 Å². The van der Waals surface area contributed by atoms with Crippen LogP contribution in [-0.4, -0.2) is 46.8 Å². The van der Waals surface area contributed by atoms with Gasteiger partial charge in [0.15, 0.2) is 0 Å². The molecular weight excluding hydrogens is 416 g/mol. The summed E-state index contributed by atoms with van der Waals surface area (Å²) in [6, 6.07) is 23.1. The van der Waals surface area contributed by atoms with E-state index in [-0.39, 0.29) is 36.0 Å². The van der Waals surface area contributed by atoms with Crippen molar-refractivity contribution in [1.29, 1.82) is 0 Å². The van der Waals surface area contributed by atoms with E-state index >= 15 is 0 Å². The van der Waals surface area contributed by atoms with Crippen LogP contribution in [0.3, 0.4) is 0 Å². The highest BCUT2D eigenvalue weighted by Crippen LogP contribution is 2.49. The zero-order chi connectivity index (χ0) is 22.9. The first-order chi connectivity index (χ1) is 16.1. The Morgan fingerprint density at radius 1 is 1.03 bits per heavy atom. The van der Waals surface area contributed by atoms with Crippen molar-refractivity contribution >= 4 is 5.97 Å². The fourth-order valence-electron chi connectivity index (χ4n) is 5.69. The van der Waals surface area contributed by atoms with Crippen molar-refractivity contribution in [3.8, 4) is 11.1 Å². The van der Waals surface area contributed by atoms with Crippen LogP contribution in [0.25, 0.3) is 11.1 Å². The summed E-state index contributed by atoms with van der Waals surface area (Å²) in [6.45, 7) is 0.993. The first-order valence-corrected chi connectivity index (χ1v) is 11.4. The molecule has 1 N–H and O–H groups in total. The number of esters is 1. The molecule has 0 aliphatic carbocycles. The van der Waals surface area contributed by atoms with Crippen molar-refractivity contribution in [2.75, 3.05) is 20.3 Å². The molecule has 5 rings (SSSR count). The van der Waals surface area contributed by atoms with Crippen LogP contribution in [0.15, 0.2) is 77.6 Å². The van der Waals surface area contributed by atoms with Gasteiger partial charge in [-0.2, -0.15) is 0 Å². The van der Waals surface area contributed by atoms with Crippen molar-refractivity contribution in [2.45, 2.75) is 25.0 Å². The number of benzene rings is 2.